The second-order valence-corrected chi connectivity index (χ2v) is 5.90. The maximum absolute atomic E-state index is 10.4. The molecule has 2 aromatic rings. The Morgan fingerprint density at radius 2 is 1.85 bits per heavy atom. The molecule has 106 valence electrons. The van der Waals surface area contributed by atoms with Crippen LogP contribution in [0.15, 0.2) is 53.0 Å². The van der Waals surface area contributed by atoms with Crippen LogP contribution in [0, 0.1) is 0 Å². The predicted octanol–water partition coefficient (Wildman–Crippen LogP) is 4.51. The van der Waals surface area contributed by atoms with Crippen molar-refractivity contribution >= 4 is 15.9 Å². The van der Waals surface area contributed by atoms with E-state index < -0.39 is 6.10 Å². The van der Waals surface area contributed by atoms with Crippen LogP contribution >= 0.6 is 15.9 Å². The quantitative estimate of drug-likeness (QED) is 0.871. The minimum absolute atomic E-state index is 0.130. The standard InChI is InChI=1S/C17H19BrO2/c1-12(2)20-15-8-5-7-14(10-15)17(19)11-13-6-3-4-9-16(13)18/h3-10,12,17,19H,11H2,1-2H3. The number of hydrogen-bond donors (Lipinski definition) is 1. The molecular formula is C17H19BrO2. The molecule has 0 spiro atoms. The van der Waals surface area contributed by atoms with Gasteiger partial charge in [0.05, 0.1) is 12.2 Å². The molecular weight excluding hydrogens is 316 g/mol. The van der Waals surface area contributed by atoms with Gasteiger partial charge < -0.3 is 9.84 Å². The lowest BCUT2D eigenvalue weighted by Crippen LogP contribution is -2.07. The van der Waals surface area contributed by atoms with Gasteiger partial charge in [0.1, 0.15) is 5.75 Å². The molecule has 0 amide bonds. The van der Waals surface area contributed by atoms with E-state index in [9.17, 15) is 5.11 Å². The molecule has 0 aliphatic carbocycles. The summed E-state index contributed by atoms with van der Waals surface area (Å²) in [5.41, 5.74) is 1.97. The predicted molar refractivity (Wildman–Crippen MR) is 85.0 cm³/mol. The van der Waals surface area contributed by atoms with Crippen molar-refractivity contribution in [2.45, 2.75) is 32.5 Å². The second kappa shape index (κ2) is 6.91. The molecule has 0 saturated heterocycles. The van der Waals surface area contributed by atoms with E-state index in [1.807, 2.05) is 62.4 Å². The van der Waals surface area contributed by atoms with Crippen molar-refractivity contribution in [1.29, 1.82) is 0 Å². The molecule has 0 aliphatic rings. The Bertz CT molecular complexity index is 566. The number of benzene rings is 2. The summed E-state index contributed by atoms with van der Waals surface area (Å²) in [5, 5.41) is 10.4. The van der Waals surface area contributed by atoms with E-state index in [-0.39, 0.29) is 6.10 Å². The highest BCUT2D eigenvalue weighted by Gasteiger charge is 2.11. The SMILES string of the molecule is CC(C)Oc1cccc(C(O)Cc2ccccc2Br)c1. The number of rotatable bonds is 5. The fraction of sp³-hybridized carbons (Fsp3) is 0.294. The van der Waals surface area contributed by atoms with E-state index in [1.54, 1.807) is 0 Å². The van der Waals surface area contributed by atoms with E-state index in [1.165, 1.54) is 0 Å². The number of aliphatic hydroxyl groups excluding tert-OH is 1. The third-order valence-corrected chi connectivity index (χ3v) is 3.76. The summed E-state index contributed by atoms with van der Waals surface area (Å²) in [6.45, 7) is 3.98. The molecule has 0 fully saturated rings. The average molecular weight is 335 g/mol. The molecule has 1 N–H and O–H groups in total. The van der Waals surface area contributed by atoms with Crippen molar-refractivity contribution in [3.8, 4) is 5.75 Å². The lowest BCUT2D eigenvalue weighted by atomic mass is 10.0. The zero-order valence-electron chi connectivity index (χ0n) is 11.7. The summed E-state index contributed by atoms with van der Waals surface area (Å²) in [4.78, 5) is 0. The van der Waals surface area contributed by atoms with Gasteiger partial charge in [-0.25, -0.2) is 0 Å². The molecule has 1 unspecified atom stereocenters. The third kappa shape index (κ3) is 4.09. The summed E-state index contributed by atoms with van der Waals surface area (Å²) in [6, 6.07) is 15.6. The third-order valence-electron chi connectivity index (χ3n) is 2.99. The minimum atomic E-state index is -0.538. The highest BCUT2D eigenvalue weighted by molar-refractivity contribution is 9.10. The highest BCUT2D eigenvalue weighted by Crippen LogP contribution is 2.26. The maximum atomic E-state index is 10.4. The van der Waals surface area contributed by atoms with Crippen molar-refractivity contribution in [1.82, 2.24) is 0 Å². The van der Waals surface area contributed by atoms with E-state index in [0.717, 1.165) is 21.3 Å². The lowest BCUT2D eigenvalue weighted by molar-refractivity contribution is 0.177. The maximum Gasteiger partial charge on any atom is 0.120 e. The lowest BCUT2D eigenvalue weighted by Gasteiger charge is -2.15. The Kier molecular flexibility index (Phi) is 5.21. The first-order valence-corrected chi connectivity index (χ1v) is 7.53. The van der Waals surface area contributed by atoms with E-state index in [2.05, 4.69) is 15.9 Å². The van der Waals surface area contributed by atoms with Crippen LogP contribution in [0.2, 0.25) is 0 Å². The van der Waals surface area contributed by atoms with Crippen LogP contribution in [-0.2, 0) is 6.42 Å². The van der Waals surface area contributed by atoms with Gasteiger partial charge in [0.15, 0.2) is 0 Å². The molecule has 2 aromatic carbocycles. The molecule has 2 rings (SSSR count). The molecule has 0 radical (unpaired) electrons. The summed E-state index contributed by atoms with van der Waals surface area (Å²) in [7, 11) is 0. The zero-order valence-corrected chi connectivity index (χ0v) is 13.3. The van der Waals surface area contributed by atoms with Gasteiger partial charge in [-0.2, -0.15) is 0 Å². The largest absolute Gasteiger partial charge is 0.491 e. The molecule has 2 nitrogen and oxygen atoms in total. The van der Waals surface area contributed by atoms with E-state index in [4.69, 9.17) is 4.74 Å². The van der Waals surface area contributed by atoms with Gasteiger partial charge in [-0.3, -0.25) is 0 Å². The van der Waals surface area contributed by atoms with Crippen LogP contribution in [-0.4, -0.2) is 11.2 Å². The van der Waals surface area contributed by atoms with Gasteiger partial charge in [0, 0.05) is 10.9 Å². The molecule has 0 saturated carbocycles. The average Bonchev–Trinajstić information content (AvgIpc) is 2.41. The Morgan fingerprint density at radius 1 is 1.10 bits per heavy atom. The first-order chi connectivity index (χ1) is 9.56. The van der Waals surface area contributed by atoms with Gasteiger partial charge in [-0.05, 0) is 43.2 Å². The van der Waals surface area contributed by atoms with Crippen LogP contribution in [0.5, 0.6) is 5.75 Å². The van der Waals surface area contributed by atoms with Gasteiger partial charge in [0.25, 0.3) is 0 Å². The monoisotopic (exact) mass is 334 g/mol. The minimum Gasteiger partial charge on any atom is -0.491 e. The van der Waals surface area contributed by atoms with Crippen LogP contribution in [0.1, 0.15) is 31.1 Å². The molecule has 0 bridgehead atoms. The van der Waals surface area contributed by atoms with Gasteiger partial charge in [-0.15, -0.1) is 0 Å². The first-order valence-electron chi connectivity index (χ1n) is 6.74. The van der Waals surface area contributed by atoms with Crippen LogP contribution < -0.4 is 4.74 Å². The fourth-order valence-corrected chi connectivity index (χ4v) is 2.50. The van der Waals surface area contributed by atoms with Crippen molar-refractivity contribution in [3.05, 3.63) is 64.1 Å². The Morgan fingerprint density at radius 3 is 2.55 bits per heavy atom. The molecule has 0 heterocycles. The van der Waals surface area contributed by atoms with Crippen LogP contribution in [0.25, 0.3) is 0 Å². The van der Waals surface area contributed by atoms with Gasteiger partial charge in [0.2, 0.25) is 0 Å². The van der Waals surface area contributed by atoms with Crippen LogP contribution in [0.3, 0.4) is 0 Å². The molecule has 20 heavy (non-hydrogen) atoms. The summed E-state index contributed by atoms with van der Waals surface area (Å²) in [5.74, 6) is 0.795. The molecule has 1 atom stereocenters. The summed E-state index contributed by atoms with van der Waals surface area (Å²) in [6.07, 6.45) is 0.169. The normalized spacial score (nSPS) is 12.4. The Balaban J connectivity index is 2.13. The Labute approximate surface area is 128 Å². The fourth-order valence-electron chi connectivity index (χ4n) is 2.06. The number of halogens is 1. The smallest absolute Gasteiger partial charge is 0.120 e. The molecule has 0 aliphatic heterocycles. The van der Waals surface area contributed by atoms with Gasteiger partial charge in [-0.1, -0.05) is 46.3 Å². The van der Waals surface area contributed by atoms with E-state index in [0.29, 0.717) is 6.42 Å². The van der Waals surface area contributed by atoms with Gasteiger partial charge >= 0.3 is 0 Å². The summed E-state index contributed by atoms with van der Waals surface area (Å²) >= 11 is 3.51. The van der Waals surface area contributed by atoms with Crippen molar-refractivity contribution in [3.63, 3.8) is 0 Å². The molecule has 3 heteroatoms. The number of aliphatic hydroxyl groups is 1. The summed E-state index contributed by atoms with van der Waals surface area (Å²) < 4.78 is 6.68. The van der Waals surface area contributed by atoms with Crippen LogP contribution in [0.4, 0.5) is 0 Å². The highest BCUT2D eigenvalue weighted by atomic mass is 79.9. The Hall–Kier alpha value is -1.32. The molecule has 0 aromatic heterocycles. The zero-order chi connectivity index (χ0) is 14.5. The number of ether oxygens (including phenoxy) is 1. The van der Waals surface area contributed by atoms with Crippen molar-refractivity contribution in [2.75, 3.05) is 0 Å². The topological polar surface area (TPSA) is 29.5 Å². The number of hydrogen-bond acceptors (Lipinski definition) is 2. The van der Waals surface area contributed by atoms with Crippen molar-refractivity contribution < 1.29 is 9.84 Å². The second-order valence-electron chi connectivity index (χ2n) is 5.05. The van der Waals surface area contributed by atoms with E-state index >= 15 is 0 Å². The first kappa shape index (κ1) is 15.1. The van der Waals surface area contributed by atoms with Crippen molar-refractivity contribution in [2.24, 2.45) is 0 Å².